The normalized spacial score (nSPS) is 15.0. The second kappa shape index (κ2) is 10.2. The lowest BCUT2D eigenvalue weighted by molar-refractivity contribution is -0.127. The highest BCUT2D eigenvalue weighted by atomic mass is 19.3. The quantitative estimate of drug-likeness (QED) is 0.641. The molecule has 0 N–H and O–H groups in total. The van der Waals surface area contributed by atoms with E-state index < -0.39 is 6.61 Å². The molecule has 0 aromatic heterocycles. The minimum absolute atomic E-state index is 0.0410. The number of amides is 1. The van der Waals surface area contributed by atoms with E-state index in [-0.39, 0.29) is 17.4 Å². The molecule has 0 atom stereocenters. The van der Waals surface area contributed by atoms with Crippen LogP contribution in [0, 0.1) is 6.92 Å². The van der Waals surface area contributed by atoms with Crippen LogP contribution in [-0.4, -0.2) is 55.6 Å². The molecule has 0 aliphatic carbocycles. The Morgan fingerprint density at radius 3 is 2.50 bits per heavy atom. The maximum absolute atomic E-state index is 12.5. The maximum Gasteiger partial charge on any atom is 0.387 e. The fourth-order valence-electron chi connectivity index (χ4n) is 3.41. The van der Waals surface area contributed by atoms with Crippen molar-refractivity contribution in [1.29, 1.82) is 0 Å². The van der Waals surface area contributed by atoms with E-state index in [0.717, 1.165) is 19.6 Å². The topological polar surface area (TPSA) is 42.0 Å². The Bertz CT molecular complexity index is 894. The number of hydrogen-bond acceptors (Lipinski definition) is 4. The van der Waals surface area contributed by atoms with E-state index >= 15 is 0 Å². The van der Waals surface area contributed by atoms with Gasteiger partial charge >= 0.3 is 6.61 Å². The standard InChI is InChI=1S/C23H26F2N2O3/c1-17-5-3-4-6-19(17)16-26-11-13-27(14-12-26)22(28)10-8-18-7-9-20(30-23(24)25)21(15-18)29-2/h3-10,15,23H,11-14,16H2,1-2H3/b10-8+. The van der Waals surface area contributed by atoms with Gasteiger partial charge in [0.25, 0.3) is 0 Å². The molecule has 2 aromatic rings. The predicted molar refractivity (Wildman–Crippen MR) is 112 cm³/mol. The number of hydrogen-bond donors (Lipinski definition) is 0. The summed E-state index contributed by atoms with van der Waals surface area (Å²) in [4.78, 5) is 16.7. The van der Waals surface area contributed by atoms with Crippen molar-refractivity contribution in [2.24, 2.45) is 0 Å². The average Bonchev–Trinajstić information content (AvgIpc) is 2.74. The van der Waals surface area contributed by atoms with Crippen LogP contribution in [0.2, 0.25) is 0 Å². The Balaban J connectivity index is 1.54. The van der Waals surface area contributed by atoms with Crippen molar-refractivity contribution in [3.05, 3.63) is 65.2 Å². The summed E-state index contributed by atoms with van der Waals surface area (Å²) in [6, 6.07) is 12.9. The third kappa shape index (κ3) is 5.79. The maximum atomic E-state index is 12.5. The Morgan fingerprint density at radius 1 is 1.10 bits per heavy atom. The lowest BCUT2D eigenvalue weighted by Gasteiger charge is -2.34. The summed E-state index contributed by atoms with van der Waals surface area (Å²) in [7, 11) is 1.38. The predicted octanol–water partition coefficient (Wildman–Crippen LogP) is 3.96. The van der Waals surface area contributed by atoms with Gasteiger partial charge in [-0.25, -0.2) is 0 Å². The molecule has 5 nitrogen and oxygen atoms in total. The summed E-state index contributed by atoms with van der Waals surface area (Å²) < 4.78 is 34.3. The van der Waals surface area contributed by atoms with Gasteiger partial charge in [0.05, 0.1) is 7.11 Å². The van der Waals surface area contributed by atoms with Crippen LogP contribution < -0.4 is 9.47 Å². The van der Waals surface area contributed by atoms with E-state index in [0.29, 0.717) is 18.7 Å². The summed E-state index contributed by atoms with van der Waals surface area (Å²) >= 11 is 0. The minimum atomic E-state index is -2.92. The molecule has 3 rings (SSSR count). The summed E-state index contributed by atoms with van der Waals surface area (Å²) in [6.45, 7) is 3.05. The van der Waals surface area contributed by atoms with Gasteiger partial charge in [-0.2, -0.15) is 8.78 Å². The highest BCUT2D eigenvalue weighted by Gasteiger charge is 2.20. The molecule has 1 fully saturated rings. The van der Waals surface area contributed by atoms with Gasteiger partial charge in [0, 0.05) is 38.8 Å². The van der Waals surface area contributed by atoms with Crippen LogP contribution in [-0.2, 0) is 11.3 Å². The van der Waals surface area contributed by atoms with E-state index in [1.54, 1.807) is 18.2 Å². The molecule has 1 aliphatic heterocycles. The molecule has 0 saturated carbocycles. The molecule has 0 radical (unpaired) electrons. The molecule has 7 heteroatoms. The summed E-state index contributed by atoms with van der Waals surface area (Å²) in [5.41, 5.74) is 3.25. The van der Waals surface area contributed by atoms with Crippen LogP contribution in [0.4, 0.5) is 8.78 Å². The Morgan fingerprint density at radius 2 is 1.83 bits per heavy atom. The first kappa shape index (κ1) is 21.8. The van der Waals surface area contributed by atoms with E-state index in [1.807, 2.05) is 17.0 Å². The summed E-state index contributed by atoms with van der Waals surface area (Å²) in [6.07, 6.45) is 3.15. The molecule has 160 valence electrons. The Kier molecular flexibility index (Phi) is 7.41. The highest BCUT2D eigenvalue weighted by Crippen LogP contribution is 2.29. The zero-order valence-corrected chi connectivity index (χ0v) is 17.2. The number of ether oxygens (including phenoxy) is 2. The summed E-state index contributed by atoms with van der Waals surface area (Å²) in [5.74, 6) is 0.0767. The van der Waals surface area contributed by atoms with Crippen molar-refractivity contribution in [2.45, 2.75) is 20.1 Å². The van der Waals surface area contributed by atoms with Gasteiger partial charge in [-0.1, -0.05) is 30.3 Å². The van der Waals surface area contributed by atoms with Crippen LogP contribution in [0.5, 0.6) is 11.5 Å². The number of methoxy groups -OCH3 is 1. The van der Waals surface area contributed by atoms with Crippen molar-refractivity contribution in [3.8, 4) is 11.5 Å². The van der Waals surface area contributed by atoms with Crippen molar-refractivity contribution < 1.29 is 23.0 Å². The van der Waals surface area contributed by atoms with Crippen molar-refractivity contribution in [3.63, 3.8) is 0 Å². The number of alkyl halides is 2. The molecular weight excluding hydrogens is 390 g/mol. The van der Waals surface area contributed by atoms with Gasteiger partial charge in [-0.15, -0.1) is 0 Å². The molecule has 1 amide bonds. The fourth-order valence-corrected chi connectivity index (χ4v) is 3.41. The average molecular weight is 416 g/mol. The van der Waals surface area contributed by atoms with Crippen LogP contribution in [0.25, 0.3) is 6.08 Å². The SMILES string of the molecule is COc1cc(/C=C/C(=O)N2CCN(Cc3ccccc3C)CC2)ccc1OC(F)F. The number of carbonyl (C=O) groups is 1. The smallest absolute Gasteiger partial charge is 0.387 e. The second-order valence-corrected chi connectivity index (χ2v) is 7.15. The first-order chi connectivity index (χ1) is 14.5. The van der Waals surface area contributed by atoms with Gasteiger partial charge in [-0.3, -0.25) is 9.69 Å². The number of carbonyl (C=O) groups excluding carboxylic acids is 1. The molecule has 1 saturated heterocycles. The van der Waals surface area contributed by atoms with Crippen LogP contribution in [0.1, 0.15) is 16.7 Å². The Hall–Kier alpha value is -2.93. The first-order valence-corrected chi connectivity index (χ1v) is 9.83. The zero-order chi connectivity index (χ0) is 21.5. The largest absolute Gasteiger partial charge is 0.493 e. The monoisotopic (exact) mass is 416 g/mol. The van der Waals surface area contributed by atoms with E-state index in [2.05, 4.69) is 28.7 Å². The Labute approximate surface area is 175 Å². The molecular formula is C23H26F2N2O3. The van der Waals surface area contributed by atoms with Gasteiger partial charge in [-0.05, 0) is 41.8 Å². The van der Waals surface area contributed by atoms with E-state index in [9.17, 15) is 13.6 Å². The number of nitrogens with zero attached hydrogens (tertiary/aromatic N) is 2. The van der Waals surface area contributed by atoms with Crippen molar-refractivity contribution in [1.82, 2.24) is 9.80 Å². The van der Waals surface area contributed by atoms with Crippen LogP contribution >= 0.6 is 0 Å². The van der Waals surface area contributed by atoms with Crippen LogP contribution in [0.3, 0.4) is 0 Å². The number of rotatable bonds is 7. The molecule has 0 unspecified atom stereocenters. The van der Waals surface area contributed by atoms with Gasteiger partial charge in [0.15, 0.2) is 11.5 Å². The first-order valence-electron chi connectivity index (χ1n) is 9.83. The molecule has 0 spiro atoms. The molecule has 0 bridgehead atoms. The number of aryl methyl sites for hydroxylation is 1. The van der Waals surface area contributed by atoms with Crippen molar-refractivity contribution >= 4 is 12.0 Å². The molecule has 1 heterocycles. The lowest BCUT2D eigenvalue weighted by atomic mass is 10.1. The van der Waals surface area contributed by atoms with E-state index in [1.165, 1.54) is 30.4 Å². The third-order valence-electron chi connectivity index (χ3n) is 5.16. The number of halogens is 2. The van der Waals surface area contributed by atoms with Gasteiger partial charge in [0.2, 0.25) is 5.91 Å². The lowest BCUT2D eigenvalue weighted by Crippen LogP contribution is -2.47. The zero-order valence-electron chi connectivity index (χ0n) is 17.2. The second-order valence-electron chi connectivity index (χ2n) is 7.15. The summed E-state index contributed by atoms with van der Waals surface area (Å²) in [5, 5.41) is 0. The number of piperazine rings is 1. The minimum Gasteiger partial charge on any atom is -0.493 e. The third-order valence-corrected chi connectivity index (χ3v) is 5.16. The molecule has 30 heavy (non-hydrogen) atoms. The molecule has 2 aromatic carbocycles. The van der Waals surface area contributed by atoms with E-state index in [4.69, 9.17) is 4.74 Å². The van der Waals surface area contributed by atoms with Crippen molar-refractivity contribution in [2.75, 3.05) is 33.3 Å². The van der Waals surface area contributed by atoms with Gasteiger partial charge in [0.1, 0.15) is 0 Å². The fraction of sp³-hybridized carbons (Fsp3) is 0.348. The number of benzene rings is 2. The van der Waals surface area contributed by atoms with Gasteiger partial charge < -0.3 is 14.4 Å². The molecule has 1 aliphatic rings. The van der Waals surface area contributed by atoms with Crippen LogP contribution in [0.15, 0.2) is 48.5 Å². The highest BCUT2D eigenvalue weighted by molar-refractivity contribution is 5.92.